The number of rotatable bonds is 5. The highest BCUT2D eigenvalue weighted by atomic mass is 32.1. The molecule has 1 aromatic heterocycles. The summed E-state index contributed by atoms with van der Waals surface area (Å²) in [6, 6.07) is 0. The number of aryl methyl sites for hydroxylation is 1. The van der Waals surface area contributed by atoms with Crippen LogP contribution in [0.5, 0.6) is 0 Å². The second-order valence-corrected chi connectivity index (χ2v) is 4.60. The number of aromatic nitrogens is 2. The van der Waals surface area contributed by atoms with E-state index in [9.17, 15) is 4.79 Å². The second kappa shape index (κ2) is 5.77. The summed E-state index contributed by atoms with van der Waals surface area (Å²) in [5.41, 5.74) is 0. The minimum atomic E-state index is -0.0563. The van der Waals surface area contributed by atoms with Crippen LogP contribution in [-0.2, 0) is 11.2 Å². The number of hydrogen-bond acceptors (Lipinski definition) is 5. The number of hydrogen-bond donors (Lipinski definition) is 1. The van der Waals surface area contributed by atoms with Gasteiger partial charge in [0.25, 0.3) is 0 Å². The van der Waals surface area contributed by atoms with Gasteiger partial charge >= 0.3 is 0 Å². The zero-order valence-corrected chi connectivity index (χ0v) is 10.1. The van der Waals surface area contributed by atoms with Crippen molar-refractivity contribution in [2.45, 2.75) is 19.8 Å². The smallest absolute Gasteiger partial charge is 0.240 e. The van der Waals surface area contributed by atoms with Crippen molar-refractivity contribution in [3.05, 3.63) is 5.01 Å². The van der Waals surface area contributed by atoms with Crippen LogP contribution in [-0.4, -0.2) is 41.6 Å². The summed E-state index contributed by atoms with van der Waals surface area (Å²) in [6.07, 6.45) is 1.96. The van der Waals surface area contributed by atoms with Gasteiger partial charge in [0.2, 0.25) is 11.0 Å². The summed E-state index contributed by atoms with van der Waals surface area (Å²) >= 11 is 1.44. The molecule has 0 saturated carbocycles. The van der Waals surface area contributed by atoms with Crippen molar-refractivity contribution in [3.63, 3.8) is 0 Å². The molecule has 1 amide bonds. The minimum Gasteiger partial charge on any atom is -0.301 e. The summed E-state index contributed by atoms with van der Waals surface area (Å²) in [7, 11) is 3.70. The number of carbonyl (C=O) groups is 1. The SMILES string of the molecule is CCCc1nnc(NC(=O)CN(C)C)s1. The van der Waals surface area contributed by atoms with Crippen LogP contribution in [0.1, 0.15) is 18.4 Å². The summed E-state index contributed by atoms with van der Waals surface area (Å²) in [4.78, 5) is 13.2. The highest BCUT2D eigenvalue weighted by Crippen LogP contribution is 2.16. The normalized spacial score (nSPS) is 10.7. The van der Waals surface area contributed by atoms with Gasteiger partial charge in [-0.15, -0.1) is 10.2 Å². The third-order valence-corrected chi connectivity index (χ3v) is 2.54. The highest BCUT2D eigenvalue weighted by molar-refractivity contribution is 7.15. The van der Waals surface area contributed by atoms with Gasteiger partial charge in [-0.05, 0) is 20.5 Å². The Kier molecular flexibility index (Phi) is 4.64. The molecular weight excluding hydrogens is 212 g/mol. The molecule has 0 spiro atoms. The number of anilines is 1. The van der Waals surface area contributed by atoms with Crippen LogP contribution < -0.4 is 5.32 Å². The predicted octanol–water partition coefficient (Wildman–Crippen LogP) is 0.991. The Labute approximate surface area is 93.5 Å². The lowest BCUT2D eigenvalue weighted by molar-refractivity contribution is -0.116. The van der Waals surface area contributed by atoms with E-state index in [1.54, 1.807) is 0 Å². The van der Waals surface area contributed by atoms with Crippen LogP contribution in [0, 0.1) is 0 Å². The first-order valence-electron chi connectivity index (χ1n) is 4.88. The molecule has 0 aliphatic rings. The summed E-state index contributed by atoms with van der Waals surface area (Å²) < 4.78 is 0. The Morgan fingerprint density at radius 3 is 2.80 bits per heavy atom. The molecule has 0 radical (unpaired) electrons. The summed E-state index contributed by atoms with van der Waals surface area (Å²) in [5, 5.41) is 12.2. The third kappa shape index (κ3) is 4.35. The fourth-order valence-corrected chi connectivity index (χ4v) is 1.92. The minimum absolute atomic E-state index is 0.0563. The lowest BCUT2D eigenvalue weighted by Gasteiger charge is -2.07. The third-order valence-electron chi connectivity index (χ3n) is 1.64. The molecule has 0 unspecified atom stereocenters. The van der Waals surface area contributed by atoms with Crippen molar-refractivity contribution in [2.24, 2.45) is 0 Å². The molecule has 0 aromatic carbocycles. The first-order valence-corrected chi connectivity index (χ1v) is 5.70. The van der Waals surface area contributed by atoms with E-state index in [0.717, 1.165) is 17.8 Å². The quantitative estimate of drug-likeness (QED) is 0.816. The largest absolute Gasteiger partial charge is 0.301 e. The van der Waals surface area contributed by atoms with Gasteiger partial charge in [-0.1, -0.05) is 18.3 Å². The van der Waals surface area contributed by atoms with Gasteiger partial charge in [-0.2, -0.15) is 0 Å². The molecular formula is C9H16N4OS. The number of carbonyl (C=O) groups excluding carboxylic acids is 1. The van der Waals surface area contributed by atoms with Crippen LogP contribution in [0.4, 0.5) is 5.13 Å². The number of amides is 1. The summed E-state index contributed by atoms with van der Waals surface area (Å²) in [5.74, 6) is -0.0563. The van der Waals surface area contributed by atoms with E-state index >= 15 is 0 Å². The first-order chi connectivity index (χ1) is 7.11. The Morgan fingerprint density at radius 2 is 2.20 bits per heavy atom. The van der Waals surface area contributed by atoms with E-state index in [-0.39, 0.29) is 5.91 Å². The van der Waals surface area contributed by atoms with Crippen LogP contribution in [0.15, 0.2) is 0 Å². The molecule has 1 N–H and O–H groups in total. The van der Waals surface area contributed by atoms with E-state index in [0.29, 0.717) is 11.7 Å². The molecule has 6 heteroatoms. The molecule has 1 rings (SSSR count). The van der Waals surface area contributed by atoms with Crippen molar-refractivity contribution < 1.29 is 4.79 Å². The maximum absolute atomic E-state index is 11.4. The Balaban J connectivity index is 2.46. The number of nitrogens with zero attached hydrogens (tertiary/aromatic N) is 3. The van der Waals surface area contributed by atoms with E-state index in [2.05, 4.69) is 22.4 Å². The van der Waals surface area contributed by atoms with Gasteiger partial charge in [0.1, 0.15) is 5.01 Å². The molecule has 5 nitrogen and oxygen atoms in total. The standard InChI is InChI=1S/C9H16N4OS/c1-4-5-8-11-12-9(15-8)10-7(14)6-13(2)3/h4-6H2,1-3H3,(H,10,12,14). The van der Waals surface area contributed by atoms with E-state index < -0.39 is 0 Å². The molecule has 0 aliphatic heterocycles. The zero-order chi connectivity index (χ0) is 11.3. The van der Waals surface area contributed by atoms with Gasteiger partial charge in [0.05, 0.1) is 6.54 Å². The maximum atomic E-state index is 11.4. The van der Waals surface area contributed by atoms with Crippen LogP contribution in [0.2, 0.25) is 0 Å². The van der Waals surface area contributed by atoms with Crippen molar-refractivity contribution in [3.8, 4) is 0 Å². The fourth-order valence-electron chi connectivity index (χ4n) is 1.07. The average Bonchev–Trinajstić information content (AvgIpc) is 2.51. The molecule has 84 valence electrons. The highest BCUT2D eigenvalue weighted by Gasteiger charge is 2.07. The van der Waals surface area contributed by atoms with Crippen molar-refractivity contribution in [1.82, 2.24) is 15.1 Å². The van der Waals surface area contributed by atoms with E-state index in [1.165, 1.54) is 11.3 Å². The molecule has 15 heavy (non-hydrogen) atoms. The van der Waals surface area contributed by atoms with Crippen LogP contribution in [0.25, 0.3) is 0 Å². The lowest BCUT2D eigenvalue weighted by atomic mass is 10.4. The van der Waals surface area contributed by atoms with Gasteiger partial charge in [0.15, 0.2) is 0 Å². The Bertz CT molecular complexity index is 324. The van der Waals surface area contributed by atoms with E-state index in [4.69, 9.17) is 0 Å². The predicted molar refractivity (Wildman–Crippen MR) is 61.1 cm³/mol. The molecule has 1 aromatic rings. The molecule has 0 saturated heterocycles. The van der Waals surface area contributed by atoms with Crippen LogP contribution >= 0.6 is 11.3 Å². The second-order valence-electron chi connectivity index (χ2n) is 3.54. The Hall–Kier alpha value is -1.01. The zero-order valence-electron chi connectivity index (χ0n) is 9.28. The molecule has 0 aliphatic carbocycles. The average molecular weight is 228 g/mol. The van der Waals surface area contributed by atoms with Crippen molar-refractivity contribution in [2.75, 3.05) is 26.0 Å². The van der Waals surface area contributed by atoms with Crippen molar-refractivity contribution in [1.29, 1.82) is 0 Å². The molecule has 0 fully saturated rings. The van der Waals surface area contributed by atoms with Gasteiger partial charge in [0, 0.05) is 6.42 Å². The lowest BCUT2D eigenvalue weighted by Crippen LogP contribution is -2.26. The first kappa shape index (κ1) is 12.1. The van der Waals surface area contributed by atoms with Gasteiger partial charge in [-0.25, -0.2) is 0 Å². The summed E-state index contributed by atoms with van der Waals surface area (Å²) in [6.45, 7) is 2.45. The topological polar surface area (TPSA) is 58.1 Å². The van der Waals surface area contributed by atoms with Gasteiger partial charge < -0.3 is 4.90 Å². The number of nitrogens with one attached hydrogen (secondary N) is 1. The van der Waals surface area contributed by atoms with Gasteiger partial charge in [-0.3, -0.25) is 10.1 Å². The maximum Gasteiger partial charge on any atom is 0.240 e. The molecule has 0 atom stereocenters. The molecule has 1 heterocycles. The molecule has 0 bridgehead atoms. The van der Waals surface area contributed by atoms with Crippen LogP contribution in [0.3, 0.4) is 0 Å². The Morgan fingerprint density at radius 1 is 1.47 bits per heavy atom. The number of likely N-dealkylation sites (N-methyl/N-ethyl adjacent to an activating group) is 1. The monoisotopic (exact) mass is 228 g/mol. The fraction of sp³-hybridized carbons (Fsp3) is 0.667. The van der Waals surface area contributed by atoms with Crippen molar-refractivity contribution >= 4 is 22.4 Å². The van der Waals surface area contributed by atoms with E-state index in [1.807, 2.05) is 19.0 Å².